The highest BCUT2D eigenvalue weighted by Gasteiger charge is 2.45. The number of nitrogens with zero attached hydrogens (tertiary/aromatic N) is 5. The van der Waals surface area contributed by atoms with Gasteiger partial charge in [-0.15, -0.1) is 0 Å². The Morgan fingerprint density at radius 3 is 2.54 bits per heavy atom. The number of carbonyl (C=O) groups is 1. The number of rotatable bonds is 4. The number of anilines is 2. The lowest BCUT2D eigenvalue weighted by molar-refractivity contribution is -0.141. The maximum absolute atomic E-state index is 13.3. The Morgan fingerprint density at radius 1 is 1.27 bits per heavy atom. The molecule has 0 radical (unpaired) electrons. The number of aliphatic carboxylic acids is 1. The van der Waals surface area contributed by atoms with Crippen molar-refractivity contribution in [3.63, 3.8) is 0 Å². The van der Waals surface area contributed by atoms with E-state index in [1.54, 1.807) is 4.90 Å². The van der Waals surface area contributed by atoms with Gasteiger partial charge in [0, 0.05) is 43.8 Å². The summed E-state index contributed by atoms with van der Waals surface area (Å²) < 4.78 is 39.9. The van der Waals surface area contributed by atoms with Crippen molar-refractivity contribution in [2.75, 3.05) is 36.0 Å². The van der Waals surface area contributed by atoms with E-state index in [0.717, 1.165) is 18.9 Å². The van der Waals surface area contributed by atoms with E-state index in [2.05, 4.69) is 9.97 Å². The summed E-state index contributed by atoms with van der Waals surface area (Å²) in [6.45, 7) is 3.57. The first-order chi connectivity index (χ1) is 12.2. The van der Waals surface area contributed by atoms with Crippen LogP contribution in [0.15, 0.2) is 6.07 Å². The quantitative estimate of drug-likeness (QED) is 0.859. The Morgan fingerprint density at radius 2 is 2.04 bits per heavy atom. The predicted octanol–water partition coefficient (Wildman–Crippen LogP) is 1.44. The molecule has 0 amide bonds. The number of halogens is 3. The van der Waals surface area contributed by atoms with Gasteiger partial charge < -0.3 is 14.9 Å². The third-order valence-electron chi connectivity index (χ3n) is 5.55. The molecule has 0 aromatic carbocycles. The molecule has 4 rings (SSSR count). The lowest BCUT2D eigenvalue weighted by atomic mass is 10.1. The maximum Gasteiger partial charge on any atom is 0.433 e. The summed E-state index contributed by atoms with van der Waals surface area (Å²) in [6.07, 6.45) is -2.88. The van der Waals surface area contributed by atoms with Crippen LogP contribution in [0, 0.1) is 0 Å². The monoisotopic (exact) mass is 371 g/mol. The van der Waals surface area contributed by atoms with Crippen LogP contribution < -0.4 is 9.80 Å². The molecule has 3 aliphatic heterocycles. The summed E-state index contributed by atoms with van der Waals surface area (Å²) in [7, 11) is 0. The van der Waals surface area contributed by atoms with E-state index in [-0.39, 0.29) is 36.4 Å². The molecule has 3 saturated heterocycles. The van der Waals surface area contributed by atoms with Gasteiger partial charge in [-0.3, -0.25) is 9.69 Å². The molecule has 0 saturated carbocycles. The van der Waals surface area contributed by atoms with Crippen LogP contribution in [-0.2, 0) is 11.0 Å². The third kappa shape index (κ3) is 2.95. The Balaban J connectivity index is 1.61. The second-order valence-electron chi connectivity index (χ2n) is 7.26. The first kappa shape index (κ1) is 17.3. The van der Waals surface area contributed by atoms with E-state index in [1.165, 1.54) is 0 Å². The fourth-order valence-corrected chi connectivity index (χ4v) is 4.05. The van der Waals surface area contributed by atoms with Gasteiger partial charge in [0.05, 0.1) is 6.54 Å². The molecule has 7 nitrogen and oxygen atoms in total. The SMILES string of the molecule is CC1CCN1c1nc(N2C[C@@H]3C[C@H]2CN3CC(=O)O)cc(C(F)(F)F)n1. The molecule has 26 heavy (non-hydrogen) atoms. The van der Waals surface area contributed by atoms with Crippen LogP contribution in [0.25, 0.3) is 0 Å². The fraction of sp³-hybridized carbons (Fsp3) is 0.688. The van der Waals surface area contributed by atoms with Gasteiger partial charge in [0.1, 0.15) is 5.82 Å². The van der Waals surface area contributed by atoms with Crippen LogP contribution in [0.4, 0.5) is 24.9 Å². The molecule has 1 aromatic rings. The van der Waals surface area contributed by atoms with Crippen molar-refractivity contribution in [3.8, 4) is 0 Å². The highest BCUT2D eigenvalue weighted by atomic mass is 19.4. The number of hydrogen-bond acceptors (Lipinski definition) is 6. The fourth-order valence-electron chi connectivity index (χ4n) is 4.05. The van der Waals surface area contributed by atoms with Gasteiger partial charge in [0.25, 0.3) is 0 Å². The number of aromatic nitrogens is 2. The van der Waals surface area contributed by atoms with E-state index in [1.807, 2.05) is 16.7 Å². The summed E-state index contributed by atoms with van der Waals surface area (Å²) in [4.78, 5) is 24.6. The zero-order valence-corrected chi connectivity index (χ0v) is 14.3. The number of alkyl halides is 3. The average Bonchev–Trinajstić information content (AvgIpc) is 3.11. The molecule has 1 N–H and O–H groups in total. The second-order valence-corrected chi connectivity index (χ2v) is 7.26. The largest absolute Gasteiger partial charge is 0.480 e. The van der Waals surface area contributed by atoms with Gasteiger partial charge in [-0.05, 0) is 19.8 Å². The van der Waals surface area contributed by atoms with Crippen molar-refractivity contribution in [1.82, 2.24) is 14.9 Å². The van der Waals surface area contributed by atoms with Crippen molar-refractivity contribution >= 4 is 17.7 Å². The van der Waals surface area contributed by atoms with E-state index < -0.39 is 17.8 Å². The molecule has 3 aliphatic rings. The van der Waals surface area contributed by atoms with Crippen LogP contribution in [0.5, 0.6) is 0 Å². The van der Waals surface area contributed by atoms with E-state index >= 15 is 0 Å². The molecule has 0 spiro atoms. The summed E-state index contributed by atoms with van der Waals surface area (Å²) in [5.41, 5.74) is -0.929. The van der Waals surface area contributed by atoms with Gasteiger partial charge in [0.15, 0.2) is 5.69 Å². The standard InChI is InChI=1S/C16H20F3N5O2/c1-9-2-3-23(9)15-20-12(16(17,18)19)5-13(21-15)24-7-10-4-11(24)6-22(10)8-14(25)26/h5,9-11H,2-4,6-8H2,1H3,(H,25,26)/t9?,10-,11-/m0/s1. The van der Waals surface area contributed by atoms with Crippen LogP contribution >= 0.6 is 0 Å². The van der Waals surface area contributed by atoms with Crippen molar-refractivity contribution in [2.45, 2.75) is 44.1 Å². The molecule has 4 heterocycles. The summed E-state index contributed by atoms with van der Waals surface area (Å²) in [6, 6.07) is 1.16. The normalized spacial score (nSPS) is 28.5. The highest BCUT2D eigenvalue weighted by molar-refractivity contribution is 5.69. The summed E-state index contributed by atoms with van der Waals surface area (Å²) in [5.74, 6) is -0.484. The van der Waals surface area contributed by atoms with Crippen molar-refractivity contribution < 1.29 is 23.1 Å². The minimum Gasteiger partial charge on any atom is -0.480 e. The number of hydrogen-bond donors (Lipinski definition) is 1. The first-order valence-corrected chi connectivity index (χ1v) is 8.68. The zero-order chi connectivity index (χ0) is 18.6. The minimum absolute atomic E-state index is 0.0167. The Labute approximate surface area is 148 Å². The Kier molecular flexibility index (Phi) is 3.98. The number of carboxylic acids is 1. The number of piperazine rings is 1. The van der Waals surface area contributed by atoms with Crippen LogP contribution in [-0.4, -0.2) is 70.2 Å². The smallest absolute Gasteiger partial charge is 0.433 e. The van der Waals surface area contributed by atoms with Crippen molar-refractivity contribution in [3.05, 3.63) is 11.8 Å². The molecular formula is C16H20F3N5O2. The van der Waals surface area contributed by atoms with Crippen molar-refractivity contribution in [1.29, 1.82) is 0 Å². The Hall–Kier alpha value is -2.10. The molecule has 1 unspecified atom stereocenters. The van der Waals surface area contributed by atoms with E-state index in [9.17, 15) is 18.0 Å². The zero-order valence-electron chi connectivity index (χ0n) is 14.3. The van der Waals surface area contributed by atoms with E-state index in [4.69, 9.17) is 5.11 Å². The minimum atomic E-state index is -4.53. The third-order valence-corrected chi connectivity index (χ3v) is 5.55. The van der Waals surface area contributed by atoms with Crippen LogP contribution in [0.3, 0.4) is 0 Å². The lowest BCUT2D eigenvalue weighted by Crippen LogP contribution is -2.49. The van der Waals surface area contributed by atoms with Gasteiger partial charge >= 0.3 is 12.1 Å². The molecule has 2 bridgehead atoms. The Bertz CT molecular complexity index is 728. The number of fused-ring (bicyclic) bond motifs is 2. The molecular weight excluding hydrogens is 351 g/mol. The van der Waals surface area contributed by atoms with Gasteiger partial charge in [-0.25, -0.2) is 4.98 Å². The number of carboxylic acid groups (broad SMARTS) is 1. The van der Waals surface area contributed by atoms with E-state index in [0.29, 0.717) is 19.6 Å². The second kappa shape index (κ2) is 5.97. The predicted molar refractivity (Wildman–Crippen MR) is 87.2 cm³/mol. The molecule has 0 aliphatic carbocycles. The van der Waals surface area contributed by atoms with Gasteiger partial charge in [-0.1, -0.05) is 0 Å². The maximum atomic E-state index is 13.3. The molecule has 1 aromatic heterocycles. The van der Waals surface area contributed by atoms with Crippen molar-refractivity contribution in [2.24, 2.45) is 0 Å². The molecule has 3 atom stereocenters. The molecule has 3 fully saturated rings. The highest BCUT2D eigenvalue weighted by Crippen LogP contribution is 2.37. The first-order valence-electron chi connectivity index (χ1n) is 8.68. The summed E-state index contributed by atoms with van der Waals surface area (Å²) in [5, 5.41) is 8.96. The lowest BCUT2D eigenvalue weighted by Gasteiger charge is -2.40. The van der Waals surface area contributed by atoms with Gasteiger partial charge in [0.2, 0.25) is 5.95 Å². The van der Waals surface area contributed by atoms with Crippen LogP contribution in [0.1, 0.15) is 25.5 Å². The summed E-state index contributed by atoms with van der Waals surface area (Å²) >= 11 is 0. The van der Waals surface area contributed by atoms with Crippen LogP contribution in [0.2, 0.25) is 0 Å². The van der Waals surface area contributed by atoms with Gasteiger partial charge in [-0.2, -0.15) is 18.2 Å². The molecule has 10 heteroatoms. The average molecular weight is 371 g/mol. The molecule has 142 valence electrons. The topological polar surface area (TPSA) is 72.8 Å². The number of likely N-dealkylation sites (tertiary alicyclic amines) is 1.